The van der Waals surface area contributed by atoms with Gasteiger partial charge in [-0.25, -0.2) is 9.67 Å². The second kappa shape index (κ2) is 7.43. The van der Waals surface area contributed by atoms with Crippen molar-refractivity contribution in [2.75, 3.05) is 0 Å². The Hall–Kier alpha value is -3.43. The molecule has 0 spiro atoms. The number of fused-ring (bicyclic) bond motifs is 1. The first-order chi connectivity index (χ1) is 14.6. The molecule has 0 N–H and O–H groups in total. The highest BCUT2D eigenvalue weighted by molar-refractivity contribution is 6.30. The standard InChI is InChI=1S/C26H20ClN3/c1-17-8-10-20(11-9-17)25-24-23(19-12-14-21(27)15-13-19)16-18(2)28-26(24)30(29-25)22-6-4-3-5-7-22/h3-16H,1-2H3. The molecule has 0 amide bonds. The first kappa shape index (κ1) is 18.6. The summed E-state index contributed by atoms with van der Waals surface area (Å²) in [5.74, 6) is 0. The molecule has 4 heteroatoms. The highest BCUT2D eigenvalue weighted by Crippen LogP contribution is 2.37. The fourth-order valence-electron chi connectivity index (χ4n) is 3.76. The Balaban J connectivity index is 1.88. The van der Waals surface area contributed by atoms with Gasteiger partial charge in [-0.15, -0.1) is 0 Å². The number of halogens is 1. The van der Waals surface area contributed by atoms with E-state index in [-0.39, 0.29) is 0 Å². The van der Waals surface area contributed by atoms with E-state index in [0.717, 1.165) is 49.8 Å². The summed E-state index contributed by atoms with van der Waals surface area (Å²) in [5, 5.41) is 6.79. The van der Waals surface area contributed by atoms with Gasteiger partial charge in [-0.05, 0) is 55.3 Å². The van der Waals surface area contributed by atoms with Gasteiger partial charge in [-0.3, -0.25) is 0 Å². The van der Waals surface area contributed by atoms with Gasteiger partial charge >= 0.3 is 0 Å². The average molecular weight is 410 g/mol. The van der Waals surface area contributed by atoms with E-state index >= 15 is 0 Å². The lowest BCUT2D eigenvalue weighted by Gasteiger charge is -2.08. The van der Waals surface area contributed by atoms with Crippen LogP contribution in [0.4, 0.5) is 0 Å². The molecule has 3 nitrogen and oxygen atoms in total. The molecule has 3 aromatic carbocycles. The molecule has 0 radical (unpaired) electrons. The molecule has 0 aliphatic carbocycles. The molecule has 0 bridgehead atoms. The zero-order valence-corrected chi connectivity index (χ0v) is 17.6. The van der Waals surface area contributed by atoms with Crippen LogP contribution < -0.4 is 0 Å². The second-order valence-corrected chi connectivity index (χ2v) is 7.92. The molecular formula is C26H20ClN3. The van der Waals surface area contributed by atoms with E-state index < -0.39 is 0 Å². The lowest BCUT2D eigenvalue weighted by molar-refractivity contribution is 0.898. The van der Waals surface area contributed by atoms with Crippen molar-refractivity contribution in [1.82, 2.24) is 14.8 Å². The minimum absolute atomic E-state index is 0.722. The van der Waals surface area contributed by atoms with Crippen LogP contribution in [0.3, 0.4) is 0 Å². The SMILES string of the molecule is Cc1ccc(-c2nn(-c3ccccc3)c3nc(C)cc(-c4ccc(Cl)cc4)c23)cc1. The van der Waals surface area contributed by atoms with Crippen molar-refractivity contribution in [3.63, 3.8) is 0 Å². The predicted molar refractivity (Wildman–Crippen MR) is 124 cm³/mol. The summed E-state index contributed by atoms with van der Waals surface area (Å²) in [7, 11) is 0. The highest BCUT2D eigenvalue weighted by Gasteiger charge is 2.20. The van der Waals surface area contributed by atoms with Crippen LogP contribution in [0.1, 0.15) is 11.3 Å². The number of aryl methyl sites for hydroxylation is 2. The van der Waals surface area contributed by atoms with Crippen LogP contribution in [0.5, 0.6) is 0 Å². The molecule has 0 saturated heterocycles. The first-order valence-electron chi connectivity index (χ1n) is 9.89. The van der Waals surface area contributed by atoms with Crippen LogP contribution in [0.2, 0.25) is 5.02 Å². The second-order valence-electron chi connectivity index (χ2n) is 7.48. The third kappa shape index (κ3) is 3.27. The van der Waals surface area contributed by atoms with Crippen LogP contribution in [0.25, 0.3) is 39.1 Å². The van der Waals surface area contributed by atoms with E-state index in [1.807, 2.05) is 41.9 Å². The van der Waals surface area contributed by atoms with Gasteiger partial charge in [0.15, 0.2) is 5.65 Å². The van der Waals surface area contributed by atoms with Crippen LogP contribution in [0.15, 0.2) is 84.9 Å². The van der Waals surface area contributed by atoms with Gasteiger partial charge in [-0.2, -0.15) is 5.10 Å². The molecule has 2 aromatic heterocycles. The van der Waals surface area contributed by atoms with Crippen LogP contribution in [-0.4, -0.2) is 14.8 Å². The molecule has 0 saturated carbocycles. The minimum Gasteiger partial charge on any atom is -0.233 e. The lowest BCUT2D eigenvalue weighted by Crippen LogP contribution is -1.98. The van der Waals surface area contributed by atoms with Crippen molar-refractivity contribution in [2.24, 2.45) is 0 Å². The molecule has 0 fully saturated rings. The normalized spacial score (nSPS) is 11.2. The largest absolute Gasteiger partial charge is 0.233 e. The van der Waals surface area contributed by atoms with E-state index in [1.54, 1.807) is 0 Å². The van der Waals surface area contributed by atoms with E-state index in [2.05, 4.69) is 61.5 Å². The van der Waals surface area contributed by atoms with Crippen molar-refractivity contribution < 1.29 is 0 Å². The number of benzene rings is 3. The van der Waals surface area contributed by atoms with Crippen molar-refractivity contribution in [3.8, 4) is 28.1 Å². The van der Waals surface area contributed by atoms with E-state index in [9.17, 15) is 0 Å². The van der Waals surface area contributed by atoms with Gasteiger partial charge in [-0.1, -0.05) is 71.8 Å². The summed E-state index contributed by atoms with van der Waals surface area (Å²) < 4.78 is 1.94. The van der Waals surface area contributed by atoms with E-state index in [1.165, 1.54) is 5.56 Å². The summed E-state index contributed by atoms with van der Waals surface area (Å²) in [6.07, 6.45) is 0. The van der Waals surface area contributed by atoms with Gasteiger partial charge in [0.2, 0.25) is 0 Å². The quantitative estimate of drug-likeness (QED) is 0.320. The average Bonchev–Trinajstić information content (AvgIpc) is 3.14. The first-order valence-corrected chi connectivity index (χ1v) is 10.3. The number of pyridine rings is 1. The van der Waals surface area contributed by atoms with Gasteiger partial charge in [0.05, 0.1) is 11.1 Å². The molecule has 0 atom stereocenters. The Kier molecular flexibility index (Phi) is 4.61. The van der Waals surface area contributed by atoms with Crippen molar-refractivity contribution >= 4 is 22.6 Å². The Labute approximate surface area is 180 Å². The number of hydrogen-bond acceptors (Lipinski definition) is 2. The van der Waals surface area contributed by atoms with E-state index in [0.29, 0.717) is 0 Å². The zero-order chi connectivity index (χ0) is 20.7. The Morgan fingerprint density at radius 1 is 0.767 bits per heavy atom. The van der Waals surface area contributed by atoms with Gasteiger partial charge in [0.25, 0.3) is 0 Å². The third-order valence-corrected chi connectivity index (χ3v) is 5.50. The summed E-state index contributed by atoms with van der Waals surface area (Å²) in [6.45, 7) is 4.11. The maximum Gasteiger partial charge on any atom is 0.164 e. The molecule has 0 aliphatic rings. The number of para-hydroxylation sites is 1. The van der Waals surface area contributed by atoms with Crippen LogP contribution in [-0.2, 0) is 0 Å². The molecule has 2 heterocycles. The topological polar surface area (TPSA) is 30.7 Å². The monoisotopic (exact) mass is 409 g/mol. The van der Waals surface area contributed by atoms with Gasteiger partial charge in [0, 0.05) is 16.3 Å². The van der Waals surface area contributed by atoms with Crippen molar-refractivity contribution in [1.29, 1.82) is 0 Å². The number of hydrogen-bond donors (Lipinski definition) is 0. The number of rotatable bonds is 3. The Morgan fingerprint density at radius 2 is 1.43 bits per heavy atom. The third-order valence-electron chi connectivity index (χ3n) is 5.25. The summed E-state index contributed by atoms with van der Waals surface area (Å²) in [4.78, 5) is 4.89. The lowest BCUT2D eigenvalue weighted by atomic mass is 9.98. The number of nitrogens with zero attached hydrogens (tertiary/aromatic N) is 3. The highest BCUT2D eigenvalue weighted by atomic mass is 35.5. The Morgan fingerprint density at radius 3 is 2.13 bits per heavy atom. The van der Waals surface area contributed by atoms with Crippen LogP contribution >= 0.6 is 11.6 Å². The minimum atomic E-state index is 0.722. The zero-order valence-electron chi connectivity index (χ0n) is 16.8. The van der Waals surface area contributed by atoms with Crippen LogP contribution in [0, 0.1) is 13.8 Å². The molecule has 5 aromatic rings. The van der Waals surface area contributed by atoms with Gasteiger partial charge in [0.1, 0.15) is 5.69 Å². The summed E-state index contributed by atoms with van der Waals surface area (Å²) >= 11 is 6.15. The molecule has 0 aliphatic heterocycles. The summed E-state index contributed by atoms with van der Waals surface area (Å²) in [6, 6.07) is 28.7. The number of aromatic nitrogens is 3. The Bertz CT molecular complexity index is 1340. The van der Waals surface area contributed by atoms with Crippen molar-refractivity contribution in [3.05, 3.63) is 101 Å². The smallest absolute Gasteiger partial charge is 0.164 e. The molecule has 0 unspecified atom stereocenters. The summed E-state index contributed by atoms with van der Waals surface area (Å²) in [5.41, 5.74) is 8.19. The van der Waals surface area contributed by atoms with Crippen molar-refractivity contribution in [2.45, 2.75) is 13.8 Å². The molecular weight excluding hydrogens is 390 g/mol. The maximum absolute atomic E-state index is 6.15. The molecule has 5 rings (SSSR count). The predicted octanol–water partition coefficient (Wildman–Crippen LogP) is 7.02. The maximum atomic E-state index is 6.15. The van der Waals surface area contributed by atoms with E-state index in [4.69, 9.17) is 21.7 Å². The molecule has 30 heavy (non-hydrogen) atoms. The fourth-order valence-corrected chi connectivity index (χ4v) is 3.89. The van der Waals surface area contributed by atoms with Gasteiger partial charge < -0.3 is 0 Å². The molecule has 146 valence electrons. The fraction of sp³-hybridized carbons (Fsp3) is 0.0769.